The smallest absolute Gasteiger partial charge is 0.0199 e. The van der Waals surface area contributed by atoms with Crippen molar-refractivity contribution in [1.29, 1.82) is 0 Å². The molecule has 2 spiro atoms. The first kappa shape index (κ1) is 9.99. The minimum Gasteiger partial charge on any atom is -0.0493 e. The van der Waals surface area contributed by atoms with E-state index in [4.69, 9.17) is 0 Å². The molecule has 0 amide bonds. The van der Waals surface area contributed by atoms with Crippen LogP contribution >= 0.6 is 0 Å². The lowest BCUT2D eigenvalue weighted by Gasteiger charge is -2.71. The van der Waals surface area contributed by atoms with Gasteiger partial charge in [-0.3, -0.25) is 0 Å². The Bertz CT molecular complexity index is 640. The van der Waals surface area contributed by atoms with Crippen LogP contribution in [0.2, 0.25) is 0 Å². The molecule has 0 nitrogen and oxygen atoms in total. The van der Waals surface area contributed by atoms with E-state index in [1.54, 1.807) is 51.4 Å². The fourth-order valence-corrected chi connectivity index (χ4v) is 12.6. The molecular formula is C21H26. The van der Waals surface area contributed by atoms with E-state index in [-0.39, 0.29) is 0 Å². The van der Waals surface area contributed by atoms with Gasteiger partial charge in [-0.05, 0) is 127 Å². The summed E-state index contributed by atoms with van der Waals surface area (Å²) in [6.07, 6.45) is 13.7. The van der Waals surface area contributed by atoms with Gasteiger partial charge in [-0.1, -0.05) is 0 Å². The molecule has 10 aliphatic rings. The minimum absolute atomic E-state index is 0.952. The predicted molar refractivity (Wildman–Crippen MR) is 79.1 cm³/mol. The van der Waals surface area contributed by atoms with Crippen LogP contribution in [0.25, 0.3) is 0 Å². The van der Waals surface area contributed by atoms with Gasteiger partial charge in [0.2, 0.25) is 0 Å². The highest BCUT2D eigenvalue weighted by Crippen LogP contribution is 2.97. The maximum atomic E-state index is 1.74. The van der Waals surface area contributed by atoms with Crippen molar-refractivity contribution in [2.45, 2.75) is 51.4 Å². The normalized spacial score (nSPS) is 88.0. The number of rotatable bonds is 0. The number of hydrogen-bond donors (Lipinski definition) is 0. The Labute approximate surface area is 127 Å². The Morgan fingerprint density at radius 3 is 2.76 bits per heavy atom. The van der Waals surface area contributed by atoms with Crippen molar-refractivity contribution in [2.75, 3.05) is 0 Å². The molecule has 13 unspecified atom stereocenters. The van der Waals surface area contributed by atoms with Gasteiger partial charge >= 0.3 is 0 Å². The average molecular weight is 278 g/mol. The summed E-state index contributed by atoms with van der Waals surface area (Å²) in [5, 5.41) is 0. The third-order valence-corrected chi connectivity index (χ3v) is 12.6. The van der Waals surface area contributed by atoms with Gasteiger partial charge in [0, 0.05) is 0 Å². The topological polar surface area (TPSA) is 0 Å². The molecule has 0 heteroatoms. The highest BCUT2D eigenvalue weighted by Gasteiger charge is 2.90. The summed E-state index contributed by atoms with van der Waals surface area (Å²) in [4.78, 5) is 0. The molecule has 0 aromatic heterocycles. The molecule has 6 bridgehead atoms. The highest BCUT2D eigenvalue weighted by molar-refractivity contribution is 5.38. The van der Waals surface area contributed by atoms with E-state index in [2.05, 4.69) is 0 Å². The van der Waals surface area contributed by atoms with Crippen LogP contribution in [-0.4, -0.2) is 0 Å². The summed E-state index contributed by atoms with van der Waals surface area (Å²) < 4.78 is 0. The third-order valence-electron chi connectivity index (χ3n) is 12.6. The third kappa shape index (κ3) is 0.623. The van der Waals surface area contributed by atoms with Crippen molar-refractivity contribution < 1.29 is 0 Å². The summed E-state index contributed by atoms with van der Waals surface area (Å²) in [6.45, 7) is 0. The first-order valence-corrected chi connectivity index (χ1v) is 10.3. The molecule has 10 rings (SSSR count). The zero-order valence-electron chi connectivity index (χ0n) is 12.9. The van der Waals surface area contributed by atoms with E-state index in [1.807, 2.05) is 0 Å². The molecule has 10 saturated carbocycles. The van der Waals surface area contributed by atoms with Gasteiger partial charge in [0.1, 0.15) is 0 Å². The molecule has 0 radical (unpaired) electrons. The van der Waals surface area contributed by atoms with Crippen molar-refractivity contribution >= 4 is 0 Å². The van der Waals surface area contributed by atoms with Gasteiger partial charge in [-0.2, -0.15) is 0 Å². The summed E-state index contributed by atoms with van der Waals surface area (Å²) >= 11 is 0. The first-order chi connectivity index (χ1) is 10.3. The van der Waals surface area contributed by atoms with E-state index in [9.17, 15) is 0 Å². The molecule has 0 aliphatic heterocycles. The van der Waals surface area contributed by atoms with E-state index in [0.29, 0.717) is 0 Å². The van der Waals surface area contributed by atoms with Crippen LogP contribution in [0, 0.1) is 75.4 Å². The lowest BCUT2D eigenvalue weighted by atomic mass is 9.34. The molecule has 21 heavy (non-hydrogen) atoms. The molecule has 10 aliphatic carbocycles. The second kappa shape index (κ2) is 2.30. The lowest BCUT2D eigenvalue weighted by molar-refractivity contribution is -0.235. The van der Waals surface area contributed by atoms with Crippen LogP contribution in [0.15, 0.2) is 0 Å². The van der Waals surface area contributed by atoms with E-state index in [1.165, 1.54) is 59.2 Å². The lowest BCUT2D eigenvalue weighted by Crippen LogP contribution is -2.66. The maximum absolute atomic E-state index is 1.74. The molecule has 110 valence electrons. The molecular weight excluding hydrogens is 252 g/mol. The molecule has 0 aromatic carbocycles. The molecule has 0 saturated heterocycles. The second-order valence-electron chi connectivity index (χ2n) is 11.6. The minimum atomic E-state index is 0.952. The van der Waals surface area contributed by atoms with Crippen LogP contribution in [0.5, 0.6) is 0 Å². The molecule has 13 atom stereocenters. The average Bonchev–Trinajstić information content (AvgIpc) is 2.81. The first-order valence-electron chi connectivity index (χ1n) is 10.3. The van der Waals surface area contributed by atoms with Crippen molar-refractivity contribution in [3.05, 3.63) is 0 Å². The van der Waals surface area contributed by atoms with Crippen molar-refractivity contribution in [3.63, 3.8) is 0 Å². The summed E-state index contributed by atoms with van der Waals surface area (Å²) in [5.74, 6) is 12.5. The van der Waals surface area contributed by atoms with Crippen LogP contribution in [0.3, 0.4) is 0 Å². The van der Waals surface area contributed by atoms with E-state index >= 15 is 0 Å². The van der Waals surface area contributed by atoms with Crippen molar-refractivity contribution in [3.8, 4) is 0 Å². The molecule has 0 heterocycles. The maximum Gasteiger partial charge on any atom is -0.0199 e. The van der Waals surface area contributed by atoms with Gasteiger partial charge in [-0.25, -0.2) is 0 Å². The molecule has 10 fully saturated rings. The fraction of sp³-hybridized carbons (Fsp3) is 1.00. The van der Waals surface area contributed by atoms with Crippen LogP contribution < -0.4 is 0 Å². The fourth-order valence-electron chi connectivity index (χ4n) is 12.6. The zero-order chi connectivity index (χ0) is 12.9. The molecule has 0 aromatic rings. The van der Waals surface area contributed by atoms with Crippen molar-refractivity contribution in [1.82, 2.24) is 0 Å². The Morgan fingerprint density at radius 2 is 1.76 bits per heavy atom. The van der Waals surface area contributed by atoms with Gasteiger partial charge in [-0.15, -0.1) is 0 Å². The van der Waals surface area contributed by atoms with Crippen LogP contribution in [0.1, 0.15) is 51.4 Å². The summed E-state index contributed by atoms with van der Waals surface area (Å²) in [6, 6.07) is 0. The summed E-state index contributed by atoms with van der Waals surface area (Å²) in [7, 11) is 0. The van der Waals surface area contributed by atoms with Gasteiger partial charge < -0.3 is 0 Å². The number of hydrogen-bond acceptors (Lipinski definition) is 0. The predicted octanol–water partition coefficient (Wildman–Crippen LogP) is 4.35. The van der Waals surface area contributed by atoms with Crippen LogP contribution in [-0.2, 0) is 0 Å². The largest absolute Gasteiger partial charge is 0.0493 e. The van der Waals surface area contributed by atoms with Gasteiger partial charge in [0.25, 0.3) is 0 Å². The monoisotopic (exact) mass is 278 g/mol. The highest BCUT2D eigenvalue weighted by atomic mass is 14.9. The molecule has 0 N–H and O–H groups in total. The standard InChI is InChI=1S/C21H26/c1-2-20-8-19(20)6-12-14-3-9-5-21(14)13(9)4-11-10(1)17(18(11)21)16(12)15(20)7-19/h9-18H,1-8H2. The Morgan fingerprint density at radius 1 is 0.762 bits per heavy atom. The SMILES string of the molecule is C1CC23CC24CC2C(C5C1C1CC6C7CC2C6(C7)C15)C3C4. The quantitative estimate of drug-likeness (QED) is 0.618. The van der Waals surface area contributed by atoms with E-state index < -0.39 is 0 Å². The van der Waals surface area contributed by atoms with Crippen molar-refractivity contribution in [2.24, 2.45) is 75.4 Å². The van der Waals surface area contributed by atoms with Gasteiger partial charge in [0.15, 0.2) is 0 Å². The van der Waals surface area contributed by atoms with E-state index in [0.717, 1.165) is 16.2 Å². The number of fused-ring (bicyclic) bond motifs is 1. The Balaban J connectivity index is 1.35. The van der Waals surface area contributed by atoms with Gasteiger partial charge in [0.05, 0.1) is 0 Å². The zero-order valence-corrected chi connectivity index (χ0v) is 12.9. The summed E-state index contributed by atoms with van der Waals surface area (Å²) in [5.41, 5.74) is 2.89. The van der Waals surface area contributed by atoms with Crippen LogP contribution in [0.4, 0.5) is 0 Å². The Hall–Kier alpha value is 0. The Kier molecular flexibility index (Phi) is 1.10. The second-order valence-corrected chi connectivity index (χ2v) is 11.6.